The van der Waals surface area contributed by atoms with Crippen molar-refractivity contribution in [3.63, 3.8) is 0 Å². The fraction of sp³-hybridized carbons (Fsp3) is 0.800. The lowest BCUT2D eigenvalue weighted by Crippen LogP contribution is -2.31. The predicted octanol–water partition coefficient (Wildman–Crippen LogP) is 0.775. The second-order valence-electron chi connectivity index (χ2n) is 5.37. The van der Waals surface area contributed by atoms with Crippen LogP contribution in [0.5, 0.6) is 0 Å². The lowest BCUT2D eigenvalue weighted by molar-refractivity contribution is 0.506. The molecule has 0 saturated heterocycles. The first-order valence-electron chi connectivity index (χ1n) is 5.61. The van der Waals surface area contributed by atoms with Gasteiger partial charge < -0.3 is 0 Å². The summed E-state index contributed by atoms with van der Waals surface area (Å²) in [6, 6.07) is -0.228. The fourth-order valence-corrected chi connectivity index (χ4v) is 3.19. The fourth-order valence-electron chi connectivity index (χ4n) is 1.57. The van der Waals surface area contributed by atoms with E-state index in [-0.39, 0.29) is 17.2 Å². The van der Waals surface area contributed by atoms with Crippen molar-refractivity contribution in [2.45, 2.75) is 38.6 Å². The van der Waals surface area contributed by atoms with Crippen LogP contribution in [0.4, 0.5) is 0 Å². The molecule has 6 nitrogen and oxygen atoms in total. The summed E-state index contributed by atoms with van der Waals surface area (Å²) in [5.41, 5.74) is 3.38. The Bertz CT molecular complexity index is 490. The molecule has 0 aliphatic heterocycles. The lowest BCUT2D eigenvalue weighted by Gasteiger charge is -2.21. The molecule has 0 spiro atoms. The van der Waals surface area contributed by atoms with Crippen molar-refractivity contribution in [1.82, 2.24) is 15.0 Å². The number of aromatic nitrogens is 2. The zero-order valence-electron chi connectivity index (χ0n) is 11.1. The predicted molar refractivity (Wildman–Crippen MR) is 73.0 cm³/mol. The average molecular weight is 292 g/mol. The van der Waals surface area contributed by atoms with Gasteiger partial charge in [0.1, 0.15) is 9.84 Å². The molecule has 0 bridgehead atoms. The minimum atomic E-state index is -3.00. The SMILES string of the molecule is CC(C)(C)c1nnsc1C(CCS(C)(=O)=O)NN. The number of hydrogen-bond donors (Lipinski definition) is 2. The molecule has 1 aromatic heterocycles. The molecular weight excluding hydrogens is 272 g/mol. The van der Waals surface area contributed by atoms with Crippen molar-refractivity contribution < 1.29 is 8.42 Å². The molecule has 8 heteroatoms. The summed E-state index contributed by atoms with van der Waals surface area (Å²) in [6.45, 7) is 6.12. The highest BCUT2D eigenvalue weighted by atomic mass is 32.2. The van der Waals surface area contributed by atoms with Crippen LogP contribution in [0.2, 0.25) is 0 Å². The highest BCUT2D eigenvalue weighted by Gasteiger charge is 2.27. The van der Waals surface area contributed by atoms with Gasteiger partial charge in [0.15, 0.2) is 0 Å². The third-order valence-corrected chi connectivity index (χ3v) is 4.33. The molecule has 18 heavy (non-hydrogen) atoms. The molecule has 1 aromatic rings. The number of nitrogens with zero attached hydrogens (tertiary/aromatic N) is 2. The van der Waals surface area contributed by atoms with Crippen LogP contribution in [0.1, 0.15) is 43.8 Å². The summed E-state index contributed by atoms with van der Waals surface area (Å²) in [6.07, 6.45) is 1.64. The first-order valence-corrected chi connectivity index (χ1v) is 8.45. The first-order chi connectivity index (χ1) is 8.15. The molecule has 0 radical (unpaired) electrons. The largest absolute Gasteiger partial charge is 0.271 e. The van der Waals surface area contributed by atoms with Crippen molar-refractivity contribution in [1.29, 1.82) is 0 Å². The molecule has 0 saturated carbocycles. The summed E-state index contributed by atoms with van der Waals surface area (Å²) < 4.78 is 26.4. The Morgan fingerprint density at radius 1 is 1.44 bits per heavy atom. The lowest BCUT2D eigenvalue weighted by atomic mass is 9.90. The molecule has 1 rings (SSSR count). The number of hydrogen-bond acceptors (Lipinski definition) is 7. The second-order valence-corrected chi connectivity index (χ2v) is 8.42. The Morgan fingerprint density at radius 2 is 2.06 bits per heavy atom. The number of rotatable bonds is 5. The van der Waals surface area contributed by atoms with Crippen molar-refractivity contribution in [2.75, 3.05) is 12.0 Å². The van der Waals surface area contributed by atoms with E-state index >= 15 is 0 Å². The van der Waals surface area contributed by atoms with Gasteiger partial charge in [-0.05, 0) is 18.0 Å². The van der Waals surface area contributed by atoms with E-state index in [1.54, 1.807) is 0 Å². The molecule has 1 atom stereocenters. The molecule has 0 aliphatic rings. The van der Waals surface area contributed by atoms with Gasteiger partial charge in [0, 0.05) is 11.7 Å². The van der Waals surface area contributed by atoms with Crippen LogP contribution in [0.15, 0.2) is 0 Å². The van der Waals surface area contributed by atoms with E-state index in [9.17, 15) is 8.42 Å². The second kappa shape index (κ2) is 5.60. The molecule has 104 valence electrons. The third-order valence-electron chi connectivity index (χ3n) is 2.52. The van der Waals surface area contributed by atoms with Crippen LogP contribution in [0, 0.1) is 0 Å². The van der Waals surface area contributed by atoms with Gasteiger partial charge in [-0.25, -0.2) is 8.42 Å². The molecule has 3 N–H and O–H groups in total. The summed E-state index contributed by atoms with van der Waals surface area (Å²) in [5.74, 6) is 5.60. The van der Waals surface area contributed by atoms with E-state index in [0.717, 1.165) is 10.6 Å². The Balaban J connectivity index is 2.93. The zero-order valence-corrected chi connectivity index (χ0v) is 12.7. The Hall–Kier alpha value is -0.570. The maximum atomic E-state index is 11.2. The van der Waals surface area contributed by atoms with Gasteiger partial charge in [0.25, 0.3) is 0 Å². The summed E-state index contributed by atoms with van der Waals surface area (Å²) in [7, 11) is -3.00. The third kappa shape index (κ3) is 4.27. The molecule has 1 heterocycles. The van der Waals surface area contributed by atoms with Crippen molar-refractivity contribution in [2.24, 2.45) is 5.84 Å². The van der Waals surface area contributed by atoms with Crippen LogP contribution < -0.4 is 11.3 Å². The van der Waals surface area contributed by atoms with Crippen molar-refractivity contribution in [3.05, 3.63) is 10.6 Å². The topological polar surface area (TPSA) is 98.0 Å². The maximum Gasteiger partial charge on any atom is 0.147 e. The van der Waals surface area contributed by atoms with Gasteiger partial charge in [-0.2, -0.15) is 0 Å². The van der Waals surface area contributed by atoms with Gasteiger partial charge in [-0.3, -0.25) is 11.3 Å². The number of nitrogens with two attached hydrogens (primary N) is 1. The van der Waals surface area contributed by atoms with Gasteiger partial charge in [0.2, 0.25) is 0 Å². The van der Waals surface area contributed by atoms with Gasteiger partial charge in [-0.1, -0.05) is 25.3 Å². The minimum Gasteiger partial charge on any atom is -0.271 e. The molecule has 1 unspecified atom stereocenters. The van der Waals surface area contributed by atoms with Gasteiger partial charge in [0.05, 0.1) is 22.4 Å². The van der Waals surface area contributed by atoms with Crippen molar-refractivity contribution >= 4 is 21.4 Å². The quantitative estimate of drug-likeness (QED) is 0.614. The average Bonchev–Trinajstić information content (AvgIpc) is 2.65. The van der Waals surface area contributed by atoms with Crippen LogP contribution in [0.25, 0.3) is 0 Å². The van der Waals surface area contributed by atoms with E-state index in [1.165, 1.54) is 17.8 Å². The number of sulfone groups is 1. The highest BCUT2D eigenvalue weighted by molar-refractivity contribution is 7.90. The summed E-state index contributed by atoms with van der Waals surface area (Å²) in [5, 5.41) is 4.12. The van der Waals surface area contributed by atoms with E-state index in [4.69, 9.17) is 5.84 Å². The Labute approximate surface area is 112 Å². The molecule has 0 amide bonds. The molecule has 0 aliphatic carbocycles. The monoisotopic (exact) mass is 292 g/mol. The van der Waals surface area contributed by atoms with E-state index < -0.39 is 9.84 Å². The summed E-state index contributed by atoms with van der Waals surface area (Å²) in [4.78, 5) is 0.911. The van der Waals surface area contributed by atoms with E-state index in [0.29, 0.717) is 6.42 Å². The van der Waals surface area contributed by atoms with E-state index in [2.05, 4.69) is 15.0 Å². The Kier molecular flexibility index (Phi) is 4.82. The first kappa shape index (κ1) is 15.5. The van der Waals surface area contributed by atoms with E-state index in [1.807, 2.05) is 20.8 Å². The normalized spacial score (nSPS) is 14.7. The van der Waals surface area contributed by atoms with Crippen LogP contribution >= 0.6 is 11.5 Å². The smallest absolute Gasteiger partial charge is 0.147 e. The van der Waals surface area contributed by atoms with Crippen LogP contribution in [-0.2, 0) is 15.3 Å². The molecular formula is C10H20N4O2S2. The van der Waals surface area contributed by atoms with Crippen molar-refractivity contribution in [3.8, 4) is 0 Å². The van der Waals surface area contributed by atoms with Crippen LogP contribution in [0.3, 0.4) is 0 Å². The van der Waals surface area contributed by atoms with Crippen LogP contribution in [-0.4, -0.2) is 30.0 Å². The minimum absolute atomic E-state index is 0.0867. The van der Waals surface area contributed by atoms with Gasteiger partial charge >= 0.3 is 0 Å². The standard InChI is InChI=1S/C10H20N4O2S2/c1-10(2,3)9-8(17-14-13-9)7(12-11)5-6-18(4,15)16/h7,12H,5-6,11H2,1-4H3. The zero-order chi connectivity index (χ0) is 14.0. The molecule has 0 aromatic carbocycles. The highest BCUT2D eigenvalue weighted by Crippen LogP contribution is 2.31. The number of nitrogens with one attached hydrogen (secondary N) is 1. The van der Waals surface area contributed by atoms with Gasteiger partial charge in [-0.15, -0.1) is 5.10 Å². The summed E-state index contributed by atoms with van der Waals surface area (Å²) >= 11 is 1.26. The maximum absolute atomic E-state index is 11.2. The number of hydrazine groups is 1. The molecule has 0 fully saturated rings. The Morgan fingerprint density at radius 3 is 2.50 bits per heavy atom.